The third-order valence-corrected chi connectivity index (χ3v) is 4.14. The van der Waals surface area contributed by atoms with Crippen LogP contribution in [0.3, 0.4) is 0 Å². The summed E-state index contributed by atoms with van der Waals surface area (Å²) >= 11 is 3.45. The molecule has 0 aliphatic carbocycles. The van der Waals surface area contributed by atoms with E-state index in [0.717, 1.165) is 11.1 Å². The molecule has 0 aromatic heterocycles. The Hall–Kier alpha value is -1.59. The van der Waals surface area contributed by atoms with E-state index in [2.05, 4.69) is 15.9 Å². The van der Waals surface area contributed by atoms with Crippen molar-refractivity contribution in [1.29, 1.82) is 0 Å². The first-order valence-electron chi connectivity index (χ1n) is 6.41. The van der Waals surface area contributed by atoms with E-state index in [1.807, 2.05) is 12.1 Å². The molecule has 112 valence electrons. The molecule has 0 bridgehead atoms. The van der Waals surface area contributed by atoms with Crippen LogP contribution in [0.2, 0.25) is 0 Å². The van der Waals surface area contributed by atoms with Crippen LogP contribution in [0.25, 0.3) is 0 Å². The average Bonchev–Trinajstić information content (AvgIpc) is 2.49. The zero-order valence-corrected chi connectivity index (χ0v) is 13.7. The number of benzene rings is 2. The van der Waals surface area contributed by atoms with Gasteiger partial charge in [-0.15, -0.1) is 0 Å². The molecule has 5 heteroatoms. The van der Waals surface area contributed by atoms with Crippen molar-refractivity contribution >= 4 is 15.9 Å². The molecular weight excluding hydrogens is 337 g/mol. The number of nitrogens with two attached hydrogens (primary N) is 1. The van der Waals surface area contributed by atoms with Crippen molar-refractivity contribution in [2.45, 2.75) is 13.0 Å². The van der Waals surface area contributed by atoms with Crippen LogP contribution in [0.4, 0.5) is 4.39 Å². The Kier molecular flexibility index (Phi) is 4.85. The lowest BCUT2D eigenvalue weighted by Crippen LogP contribution is -2.14. The van der Waals surface area contributed by atoms with Crippen molar-refractivity contribution in [3.8, 4) is 11.5 Å². The van der Waals surface area contributed by atoms with Gasteiger partial charge in [0.2, 0.25) is 0 Å². The van der Waals surface area contributed by atoms with E-state index in [1.165, 1.54) is 6.07 Å². The molecule has 2 aromatic carbocycles. The monoisotopic (exact) mass is 353 g/mol. The smallest absolute Gasteiger partial charge is 0.141 e. The first-order valence-corrected chi connectivity index (χ1v) is 7.21. The second-order valence-corrected chi connectivity index (χ2v) is 5.48. The zero-order valence-electron chi connectivity index (χ0n) is 12.1. The van der Waals surface area contributed by atoms with E-state index in [-0.39, 0.29) is 5.82 Å². The van der Waals surface area contributed by atoms with Gasteiger partial charge < -0.3 is 15.2 Å². The van der Waals surface area contributed by atoms with Gasteiger partial charge >= 0.3 is 0 Å². The highest BCUT2D eigenvalue weighted by Gasteiger charge is 2.19. The highest BCUT2D eigenvalue weighted by molar-refractivity contribution is 9.10. The van der Waals surface area contributed by atoms with Crippen molar-refractivity contribution in [3.05, 3.63) is 57.3 Å². The van der Waals surface area contributed by atoms with Crippen LogP contribution < -0.4 is 15.2 Å². The Morgan fingerprint density at radius 1 is 1.14 bits per heavy atom. The van der Waals surface area contributed by atoms with Gasteiger partial charge in [0.25, 0.3) is 0 Å². The van der Waals surface area contributed by atoms with Gasteiger partial charge in [0.1, 0.15) is 21.8 Å². The molecule has 0 amide bonds. The van der Waals surface area contributed by atoms with Gasteiger partial charge in [-0.1, -0.05) is 12.1 Å². The summed E-state index contributed by atoms with van der Waals surface area (Å²) in [6.07, 6.45) is 0. The summed E-state index contributed by atoms with van der Waals surface area (Å²) in [7, 11) is 3.16. The predicted octanol–water partition coefficient (Wildman–Crippen LogP) is 3.96. The zero-order chi connectivity index (χ0) is 15.6. The summed E-state index contributed by atoms with van der Waals surface area (Å²) in [6.45, 7) is 1.72. The number of rotatable bonds is 4. The van der Waals surface area contributed by atoms with Crippen LogP contribution >= 0.6 is 15.9 Å². The molecule has 0 heterocycles. The predicted molar refractivity (Wildman–Crippen MR) is 84.4 cm³/mol. The minimum atomic E-state index is -0.415. The lowest BCUT2D eigenvalue weighted by atomic mass is 9.97. The summed E-state index contributed by atoms with van der Waals surface area (Å²) in [5, 5.41) is 0. The Labute approximate surface area is 132 Å². The number of aryl methyl sites for hydroxylation is 1. The molecule has 0 saturated heterocycles. The fourth-order valence-corrected chi connectivity index (χ4v) is 2.89. The van der Waals surface area contributed by atoms with E-state index in [1.54, 1.807) is 33.3 Å². The highest BCUT2D eigenvalue weighted by atomic mass is 79.9. The van der Waals surface area contributed by atoms with Crippen LogP contribution in [-0.4, -0.2) is 14.2 Å². The van der Waals surface area contributed by atoms with Crippen molar-refractivity contribution in [3.63, 3.8) is 0 Å². The van der Waals surface area contributed by atoms with Crippen LogP contribution in [0.1, 0.15) is 22.7 Å². The fraction of sp³-hybridized carbons (Fsp3) is 0.250. The normalized spacial score (nSPS) is 12.1. The van der Waals surface area contributed by atoms with E-state index in [4.69, 9.17) is 15.2 Å². The van der Waals surface area contributed by atoms with Gasteiger partial charge in [-0.25, -0.2) is 4.39 Å². The summed E-state index contributed by atoms with van der Waals surface area (Å²) in [5.74, 6) is 1.04. The summed E-state index contributed by atoms with van der Waals surface area (Å²) in [6, 6.07) is 8.11. The van der Waals surface area contributed by atoms with Gasteiger partial charge in [0.05, 0.1) is 20.3 Å². The molecule has 1 atom stereocenters. The van der Waals surface area contributed by atoms with Gasteiger partial charge in [0.15, 0.2) is 0 Å². The number of methoxy groups -OCH3 is 2. The van der Waals surface area contributed by atoms with Gasteiger partial charge in [-0.3, -0.25) is 0 Å². The minimum absolute atomic E-state index is 0.242. The largest absolute Gasteiger partial charge is 0.495 e. The fourth-order valence-electron chi connectivity index (χ4n) is 2.20. The maximum absolute atomic E-state index is 13.4. The Morgan fingerprint density at radius 2 is 1.86 bits per heavy atom. The van der Waals surface area contributed by atoms with Crippen molar-refractivity contribution in [1.82, 2.24) is 0 Å². The molecule has 0 aliphatic rings. The third kappa shape index (κ3) is 3.04. The molecular formula is C16H17BrFNO2. The molecule has 3 nitrogen and oxygen atoms in total. The number of hydrogen-bond donors (Lipinski definition) is 1. The van der Waals surface area contributed by atoms with Crippen molar-refractivity contribution in [2.75, 3.05) is 14.2 Å². The maximum Gasteiger partial charge on any atom is 0.141 e. The summed E-state index contributed by atoms with van der Waals surface area (Å²) in [5.41, 5.74) is 8.50. The standard InChI is InChI=1S/C16H17BrFNO2/c1-9-8-10(4-6-12(9)18)15(19)11-5-7-13(20-2)14(17)16(11)21-3/h4-8,15H,19H2,1-3H3. The molecule has 2 rings (SSSR count). The topological polar surface area (TPSA) is 44.5 Å². The average molecular weight is 354 g/mol. The summed E-state index contributed by atoms with van der Waals surface area (Å²) in [4.78, 5) is 0. The van der Waals surface area contributed by atoms with E-state index in [0.29, 0.717) is 21.5 Å². The second-order valence-electron chi connectivity index (χ2n) is 4.69. The van der Waals surface area contributed by atoms with Gasteiger partial charge in [0, 0.05) is 5.56 Å². The SMILES string of the molecule is COc1ccc(C(N)c2ccc(F)c(C)c2)c(OC)c1Br. The molecule has 2 N–H and O–H groups in total. The van der Waals surface area contributed by atoms with Crippen LogP contribution in [0, 0.1) is 12.7 Å². The molecule has 1 unspecified atom stereocenters. The first-order chi connectivity index (χ1) is 9.99. The number of hydrogen-bond acceptors (Lipinski definition) is 3. The van der Waals surface area contributed by atoms with Crippen molar-refractivity contribution < 1.29 is 13.9 Å². The maximum atomic E-state index is 13.4. The highest BCUT2D eigenvalue weighted by Crippen LogP contribution is 2.40. The molecule has 2 aromatic rings. The Balaban J connectivity index is 2.50. The minimum Gasteiger partial charge on any atom is -0.495 e. The molecule has 0 radical (unpaired) electrons. The molecule has 0 fully saturated rings. The van der Waals surface area contributed by atoms with Gasteiger partial charge in [-0.2, -0.15) is 0 Å². The summed E-state index contributed by atoms with van der Waals surface area (Å²) < 4.78 is 24.8. The molecule has 21 heavy (non-hydrogen) atoms. The molecule has 0 saturated carbocycles. The Bertz CT molecular complexity index is 661. The van der Waals surface area contributed by atoms with Crippen LogP contribution in [-0.2, 0) is 0 Å². The van der Waals surface area contributed by atoms with E-state index in [9.17, 15) is 4.39 Å². The first kappa shape index (κ1) is 15.8. The lowest BCUT2D eigenvalue weighted by Gasteiger charge is -2.19. The molecule has 0 aliphatic heterocycles. The number of ether oxygens (including phenoxy) is 2. The van der Waals surface area contributed by atoms with Crippen LogP contribution in [0.15, 0.2) is 34.8 Å². The third-order valence-electron chi connectivity index (χ3n) is 3.39. The van der Waals surface area contributed by atoms with Crippen LogP contribution in [0.5, 0.6) is 11.5 Å². The quantitative estimate of drug-likeness (QED) is 0.904. The lowest BCUT2D eigenvalue weighted by molar-refractivity contribution is 0.385. The van der Waals surface area contributed by atoms with Crippen molar-refractivity contribution in [2.24, 2.45) is 5.73 Å². The van der Waals surface area contributed by atoms with Gasteiger partial charge in [-0.05, 0) is 52.2 Å². The Morgan fingerprint density at radius 3 is 2.43 bits per heavy atom. The van der Waals surface area contributed by atoms with E-state index >= 15 is 0 Å². The van der Waals surface area contributed by atoms with E-state index < -0.39 is 6.04 Å². The molecule has 0 spiro atoms. The second kappa shape index (κ2) is 6.45. The number of halogens is 2.